The zero-order chi connectivity index (χ0) is 22.6. The Kier molecular flexibility index (Phi) is 7.34. The minimum absolute atomic E-state index is 0.0659. The molecule has 162 valence electrons. The van der Waals surface area contributed by atoms with Gasteiger partial charge in [0.2, 0.25) is 5.91 Å². The first-order valence-corrected chi connectivity index (χ1v) is 11.6. The molecule has 1 N–H and O–H groups in total. The molecule has 4 nitrogen and oxygen atoms in total. The van der Waals surface area contributed by atoms with Gasteiger partial charge in [0.15, 0.2) is 0 Å². The molecular weight excluding hydrogens is 424 g/mol. The molecular formula is C25H28N2O2S2. The highest BCUT2D eigenvalue weighted by Crippen LogP contribution is 2.33. The molecule has 3 rings (SSSR count). The summed E-state index contributed by atoms with van der Waals surface area (Å²) in [5.41, 5.74) is 4.24. The van der Waals surface area contributed by atoms with E-state index < -0.39 is 0 Å². The lowest BCUT2D eigenvalue weighted by molar-refractivity contribution is -0.122. The van der Waals surface area contributed by atoms with E-state index in [9.17, 15) is 9.59 Å². The summed E-state index contributed by atoms with van der Waals surface area (Å²) in [4.78, 5) is 27.2. The number of hydrogen-bond donors (Lipinski definition) is 1. The molecule has 0 unspecified atom stereocenters. The Bertz CT molecular complexity index is 1000. The fourth-order valence-electron chi connectivity index (χ4n) is 3.18. The number of nitrogens with zero attached hydrogens (tertiary/aromatic N) is 1. The number of thiocarbonyl (C=S) groups is 1. The normalized spacial score (nSPS) is 15.6. The number of anilines is 1. The Hall–Kier alpha value is -2.44. The van der Waals surface area contributed by atoms with E-state index in [2.05, 4.69) is 38.2 Å². The number of carbonyl (C=O) groups excluding carboxylic acids is 2. The molecule has 1 saturated heterocycles. The van der Waals surface area contributed by atoms with Gasteiger partial charge in [0, 0.05) is 18.7 Å². The van der Waals surface area contributed by atoms with Crippen molar-refractivity contribution in [1.82, 2.24) is 4.90 Å². The fraction of sp³-hybridized carbons (Fsp3) is 0.320. The average Bonchev–Trinajstić information content (AvgIpc) is 2.97. The van der Waals surface area contributed by atoms with E-state index in [0.717, 1.165) is 16.8 Å². The number of nitrogens with one attached hydrogen (secondary N) is 1. The van der Waals surface area contributed by atoms with Gasteiger partial charge in [-0.1, -0.05) is 86.7 Å². The molecule has 0 radical (unpaired) electrons. The number of aryl methyl sites for hydroxylation is 1. The van der Waals surface area contributed by atoms with Crippen molar-refractivity contribution in [3.8, 4) is 0 Å². The smallest absolute Gasteiger partial charge is 0.266 e. The van der Waals surface area contributed by atoms with E-state index in [1.54, 1.807) is 4.90 Å². The van der Waals surface area contributed by atoms with Gasteiger partial charge in [0.1, 0.15) is 4.32 Å². The maximum absolute atomic E-state index is 12.8. The van der Waals surface area contributed by atoms with Crippen LogP contribution >= 0.6 is 24.0 Å². The first-order chi connectivity index (χ1) is 14.6. The first-order valence-electron chi connectivity index (χ1n) is 10.4. The molecule has 2 aromatic carbocycles. The molecule has 1 aliphatic heterocycles. The molecule has 1 heterocycles. The summed E-state index contributed by atoms with van der Waals surface area (Å²) < 4.78 is 0.543. The van der Waals surface area contributed by atoms with Gasteiger partial charge < -0.3 is 5.32 Å². The average molecular weight is 453 g/mol. The molecule has 6 heteroatoms. The minimum Gasteiger partial charge on any atom is -0.326 e. The van der Waals surface area contributed by atoms with Gasteiger partial charge in [-0.25, -0.2) is 0 Å². The van der Waals surface area contributed by atoms with Gasteiger partial charge in [0.25, 0.3) is 5.91 Å². The van der Waals surface area contributed by atoms with E-state index >= 15 is 0 Å². The third-order valence-electron chi connectivity index (χ3n) is 5.07. The Morgan fingerprint density at radius 1 is 1.10 bits per heavy atom. The molecule has 0 spiro atoms. The second-order valence-electron chi connectivity index (χ2n) is 8.72. The summed E-state index contributed by atoms with van der Waals surface area (Å²) >= 11 is 6.72. The second-order valence-corrected chi connectivity index (χ2v) is 10.4. The maximum Gasteiger partial charge on any atom is 0.266 e. The molecule has 2 amide bonds. The lowest BCUT2D eigenvalue weighted by Gasteiger charge is -2.18. The van der Waals surface area contributed by atoms with Crippen molar-refractivity contribution in [2.75, 3.05) is 11.9 Å². The number of amides is 2. The Morgan fingerprint density at radius 2 is 1.74 bits per heavy atom. The van der Waals surface area contributed by atoms with Gasteiger partial charge in [-0.15, -0.1) is 0 Å². The van der Waals surface area contributed by atoms with Crippen LogP contribution in [-0.4, -0.2) is 27.6 Å². The summed E-state index contributed by atoms with van der Waals surface area (Å²) in [6.45, 7) is 8.96. The molecule has 0 aromatic heterocycles. The predicted molar refractivity (Wildman–Crippen MR) is 134 cm³/mol. The standard InChI is InChI=1S/C25H28N2O2S2/c1-17-7-13-20(14-8-17)26-22(28)6-5-15-27-23(29)21(31-24(27)30)16-18-9-11-19(12-10-18)25(2,3)4/h7-14,16H,5-6,15H2,1-4H3,(H,26,28)/b21-16-. The Morgan fingerprint density at radius 3 is 2.35 bits per heavy atom. The largest absolute Gasteiger partial charge is 0.326 e. The summed E-state index contributed by atoms with van der Waals surface area (Å²) in [5, 5.41) is 2.88. The molecule has 0 aliphatic carbocycles. The number of carbonyl (C=O) groups is 2. The second kappa shape index (κ2) is 9.79. The third kappa shape index (κ3) is 6.28. The number of benzene rings is 2. The molecule has 31 heavy (non-hydrogen) atoms. The summed E-state index contributed by atoms with van der Waals surface area (Å²) in [5.74, 6) is -0.155. The first kappa shape index (κ1) is 23.2. The van der Waals surface area contributed by atoms with Crippen LogP contribution in [0.25, 0.3) is 6.08 Å². The van der Waals surface area contributed by atoms with Crippen molar-refractivity contribution >= 4 is 51.9 Å². The van der Waals surface area contributed by atoms with Crippen LogP contribution in [0.2, 0.25) is 0 Å². The highest BCUT2D eigenvalue weighted by molar-refractivity contribution is 8.26. The van der Waals surface area contributed by atoms with Crippen LogP contribution in [0.15, 0.2) is 53.4 Å². The van der Waals surface area contributed by atoms with Crippen LogP contribution in [0.3, 0.4) is 0 Å². The lowest BCUT2D eigenvalue weighted by atomic mass is 9.87. The van der Waals surface area contributed by atoms with E-state index in [-0.39, 0.29) is 17.2 Å². The lowest BCUT2D eigenvalue weighted by Crippen LogP contribution is -2.29. The minimum atomic E-state index is -0.0890. The van der Waals surface area contributed by atoms with Crippen LogP contribution in [0.5, 0.6) is 0 Å². The molecule has 0 atom stereocenters. The quantitative estimate of drug-likeness (QED) is 0.437. The van der Waals surface area contributed by atoms with E-state index in [0.29, 0.717) is 28.6 Å². The third-order valence-corrected chi connectivity index (χ3v) is 6.45. The van der Waals surface area contributed by atoms with Crippen LogP contribution in [0.1, 0.15) is 50.3 Å². The van der Waals surface area contributed by atoms with Crippen molar-refractivity contribution in [2.24, 2.45) is 0 Å². The molecule has 1 aliphatic rings. The van der Waals surface area contributed by atoms with Gasteiger partial charge in [0.05, 0.1) is 4.91 Å². The monoisotopic (exact) mass is 452 g/mol. The summed E-state index contributed by atoms with van der Waals surface area (Å²) in [7, 11) is 0. The van der Waals surface area contributed by atoms with Crippen molar-refractivity contribution in [3.05, 3.63) is 70.1 Å². The summed E-state index contributed by atoms with van der Waals surface area (Å²) in [6.07, 6.45) is 2.77. The predicted octanol–water partition coefficient (Wildman–Crippen LogP) is 5.91. The van der Waals surface area contributed by atoms with Crippen LogP contribution < -0.4 is 5.32 Å². The van der Waals surface area contributed by atoms with Gasteiger partial charge in [-0.3, -0.25) is 14.5 Å². The van der Waals surface area contributed by atoms with Gasteiger partial charge in [-0.2, -0.15) is 0 Å². The van der Waals surface area contributed by atoms with E-state index in [1.165, 1.54) is 17.3 Å². The van der Waals surface area contributed by atoms with Crippen LogP contribution in [0, 0.1) is 6.92 Å². The number of rotatable bonds is 6. The number of thioether (sulfide) groups is 1. The Balaban J connectivity index is 1.54. The topological polar surface area (TPSA) is 49.4 Å². The van der Waals surface area contributed by atoms with Crippen molar-refractivity contribution in [2.45, 2.75) is 46.0 Å². The zero-order valence-electron chi connectivity index (χ0n) is 18.4. The highest BCUT2D eigenvalue weighted by atomic mass is 32.2. The van der Waals surface area contributed by atoms with E-state index in [4.69, 9.17) is 12.2 Å². The van der Waals surface area contributed by atoms with Gasteiger partial charge >= 0.3 is 0 Å². The van der Waals surface area contributed by atoms with Crippen molar-refractivity contribution in [1.29, 1.82) is 0 Å². The van der Waals surface area contributed by atoms with Gasteiger partial charge in [-0.05, 0) is 48.1 Å². The van der Waals surface area contributed by atoms with Crippen LogP contribution in [-0.2, 0) is 15.0 Å². The molecule has 0 saturated carbocycles. The highest BCUT2D eigenvalue weighted by Gasteiger charge is 2.31. The zero-order valence-corrected chi connectivity index (χ0v) is 20.0. The van der Waals surface area contributed by atoms with E-state index in [1.807, 2.05) is 49.4 Å². The molecule has 1 fully saturated rings. The van der Waals surface area contributed by atoms with Crippen molar-refractivity contribution < 1.29 is 9.59 Å². The molecule has 2 aromatic rings. The maximum atomic E-state index is 12.8. The fourth-order valence-corrected chi connectivity index (χ4v) is 4.49. The van der Waals surface area contributed by atoms with Crippen LogP contribution in [0.4, 0.5) is 5.69 Å². The Labute approximate surface area is 194 Å². The summed E-state index contributed by atoms with van der Waals surface area (Å²) in [6, 6.07) is 15.9. The molecule has 0 bridgehead atoms. The SMILES string of the molecule is Cc1ccc(NC(=O)CCCN2C(=O)/C(=C/c3ccc(C(C)(C)C)cc3)SC2=S)cc1. The van der Waals surface area contributed by atoms with Crippen molar-refractivity contribution in [3.63, 3.8) is 0 Å². The number of hydrogen-bond acceptors (Lipinski definition) is 4.